The Morgan fingerprint density at radius 1 is 1.62 bits per heavy atom. The predicted molar refractivity (Wildman–Crippen MR) is 60.1 cm³/mol. The summed E-state index contributed by atoms with van der Waals surface area (Å²) in [5, 5.41) is 7.53. The molecule has 1 atom stereocenters. The van der Waals surface area contributed by atoms with E-state index in [4.69, 9.17) is 9.47 Å². The quantitative estimate of drug-likeness (QED) is 0.733. The second kappa shape index (κ2) is 5.98. The molecule has 90 valence electrons. The van der Waals surface area contributed by atoms with Crippen LogP contribution in [0.1, 0.15) is 12.1 Å². The van der Waals surface area contributed by atoms with Gasteiger partial charge in [0.2, 0.25) is 0 Å². The largest absolute Gasteiger partial charge is 0.355 e. The van der Waals surface area contributed by atoms with Crippen LogP contribution in [-0.4, -0.2) is 42.4 Å². The molecule has 1 aromatic rings. The van der Waals surface area contributed by atoms with Crippen LogP contribution in [0.15, 0.2) is 12.3 Å². The van der Waals surface area contributed by atoms with E-state index in [-0.39, 0.29) is 0 Å². The van der Waals surface area contributed by atoms with E-state index < -0.39 is 0 Å². The van der Waals surface area contributed by atoms with Gasteiger partial charge < -0.3 is 14.8 Å². The number of hydrogen-bond donors (Lipinski definition) is 1. The van der Waals surface area contributed by atoms with Gasteiger partial charge in [-0.2, -0.15) is 5.10 Å². The molecular formula is C11H19N3O2. The second-order valence-electron chi connectivity index (χ2n) is 4.00. The molecule has 1 fully saturated rings. The van der Waals surface area contributed by atoms with Crippen LogP contribution in [0.3, 0.4) is 0 Å². The van der Waals surface area contributed by atoms with Gasteiger partial charge in [-0.15, -0.1) is 0 Å². The maximum atomic E-state index is 5.44. The fraction of sp³-hybridized carbons (Fsp3) is 0.727. The molecule has 16 heavy (non-hydrogen) atoms. The topological polar surface area (TPSA) is 48.3 Å². The van der Waals surface area contributed by atoms with Crippen molar-refractivity contribution in [2.75, 3.05) is 26.5 Å². The van der Waals surface area contributed by atoms with Crippen LogP contribution in [0.4, 0.5) is 0 Å². The summed E-state index contributed by atoms with van der Waals surface area (Å²) in [6.07, 6.45) is 4.12. The zero-order valence-electron chi connectivity index (χ0n) is 9.69. The molecule has 0 bridgehead atoms. The van der Waals surface area contributed by atoms with Crippen LogP contribution in [0.25, 0.3) is 0 Å². The van der Waals surface area contributed by atoms with Gasteiger partial charge in [-0.05, 0) is 12.5 Å². The van der Waals surface area contributed by atoms with Crippen molar-refractivity contribution in [3.8, 4) is 0 Å². The van der Waals surface area contributed by atoms with Gasteiger partial charge in [0, 0.05) is 38.4 Å². The molecule has 2 rings (SSSR count). The van der Waals surface area contributed by atoms with Gasteiger partial charge in [-0.25, -0.2) is 0 Å². The van der Waals surface area contributed by atoms with Gasteiger partial charge in [0.15, 0.2) is 0 Å². The summed E-state index contributed by atoms with van der Waals surface area (Å²) in [7, 11) is 1.97. The predicted octanol–water partition coefficient (Wildman–Crippen LogP) is 0.315. The maximum absolute atomic E-state index is 5.44. The molecule has 0 spiro atoms. The number of aromatic nitrogens is 2. The summed E-state index contributed by atoms with van der Waals surface area (Å²) in [5.74, 6) is 0. The normalized spacial score (nSPS) is 21.2. The lowest BCUT2D eigenvalue weighted by Gasteiger charge is -2.22. The molecule has 2 heterocycles. The molecule has 1 aliphatic heterocycles. The first-order valence-corrected chi connectivity index (χ1v) is 5.73. The fourth-order valence-corrected chi connectivity index (χ4v) is 1.79. The van der Waals surface area contributed by atoms with E-state index in [1.807, 2.05) is 24.0 Å². The lowest BCUT2D eigenvalue weighted by molar-refractivity contribution is -0.137. The first-order chi connectivity index (χ1) is 7.86. The Bertz CT molecular complexity index is 308. The summed E-state index contributed by atoms with van der Waals surface area (Å²) < 4.78 is 12.5. The van der Waals surface area contributed by atoms with E-state index in [0.717, 1.165) is 32.5 Å². The molecule has 0 saturated carbocycles. The van der Waals surface area contributed by atoms with Crippen molar-refractivity contribution in [2.45, 2.75) is 18.9 Å². The molecule has 1 unspecified atom stereocenters. The number of hydrogen-bond acceptors (Lipinski definition) is 4. The lowest BCUT2D eigenvalue weighted by Crippen LogP contribution is -2.34. The van der Waals surface area contributed by atoms with E-state index in [2.05, 4.69) is 10.4 Å². The zero-order valence-corrected chi connectivity index (χ0v) is 9.69. The van der Waals surface area contributed by atoms with E-state index >= 15 is 0 Å². The molecule has 1 aromatic heterocycles. The summed E-state index contributed by atoms with van der Waals surface area (Å²) in [6.45, 7) is 3.11. The highest BCUT2D eigenvalue weighted by Crippen LogP contribution is 2.04. The molecule has 1 aliphatic rings. The Morgan fingerprint density at radius 2 is 2.56 bits per heavy atom. The van der Waals surface area contributed by atoms with Gasteiger partial charge in [-0.3, -0.25) is 4.68 Å². The Balaban J connectivity index is 1.59. The Hall–Kier alpha value is -0.910. The van der Waals surface area contributed by atoms with E-state index in [0.29, 0.717) is 12.9 Å². The van der Waals surface area contributed by atoms with Crippen molar-refractivity contribution in [2.24, 2.45) is 7.05 Å². The molecule has 0 aliphatic carbocycles. The average molecular weight is 225 g/mol. The number of rotatable bonds is 5. The standard InChI is InChI=1S/C11H19N3O2/c1-14-10(3-6-13-14)2-5-12-8-11-4-7-15-9-16-11/h3,6,11-12H,2,4-5,7-9H2,1H3. The molecule has 0 aromatic carbocycles. The van der Waals surface area contributed by atoms with Crippen LogP contribution in [0.2, 0.25) is 0 Å². The Kier molecular flexibility index (Phi) is 4.33. The van der Waals surface area contributed by atoms with Gasteiger partial charge in [0.25, 0.3) is 0 Å². The molecule has 5 heteroatoms. The number of nitrogens with one attached hydrogen (secondary N) is 1. The third kappa shape index (κ3) is 3.30. The summed E-state index contributed by atoms with van der Waals surface area (Å²) >= 11 is 0. The van der Waals surface area contributed by atoms with Crippen LogP contribution in [-0.2, 0) is 22.9 Å². The summed E-state index contributed by atoms with van der Waals surface area (Å²) in [6, 6.07) is 2.05. The number of nitrogens with zero attached hydrogens (tertiary/aromatic N) is 2. The SMILES string of the molecule is Cn1nccc1CCNCC1CCOCO1. The van der Waals surface area contributed by atoms with Crippen molar-refractivity contribution >= 4 is 0 Å². The lowest BCUT2D eigenvalue weighted by atomic mass is 10.2. The van der Waals surface area contributed by atoms with Crippen molar-refractivity contribution < 1.29 is 9.47 Å². The zero-order chi connectivity index (χ0) is 11.2. The first kappa shape index (κ1) is 11.6. The van der Waals surface area contributed by atoms with Crippen LogP contribution in [0, 0.1) is 0 Å². The maximum Gasteiger partial charge on any atom is 0.147 e. The van der Waals surface area contributed by atoms with Crippen molar-refractivity contribution in [3.05, 3.63) is 18.0 Å². The van der Waals surface area contributed by atoms with E-state index in [9.17, 15) is 0 Å². The second-order valence-corrected chi connectivity index (χ2v) is 4.00. The molecule has 1 N–H and O–H groups in total. The third-order valence-electron chi connectivity index (χ3n) is 2.82. The average Bonchev–Trinajstić information content (AvgIpc) is 2.72. The highest BCUT2D eigenvalue weighted by Gasteiger charge is 2.12. The van der Waals surface area contributed by atoms with Gasteiger partial charge >= 0.3 is 0 Å². The van der Waals surface area contributed by atoms with Gasteiger partial charge in [0.05, 0.1) is 12.7 Å². The summed E-state index contributed by atoms with van der Waals surface area (Å²) in [4.78, 5) is 0. The van der Waals surface area contributed by atoms with Crippen molar-refractivity contribution in [1.82, 2.24) is 15.1 Å². The fourth-order valence-electron chi connectivity index (χ4n) is 1.79. The van der Waals surface area contributed by atoms with Gasteiger partial charge in [0.1, 0.15) is 6.79 Å². The van der Waals surface area contributed by atoms with E-state index in [1.54, 1.807) is 0 Å². The summed E-state index contributed by atoms with van der Waals surface area (Å²) in [5.41, 5.74) is 1.25. The minimum absolute atomic E-state index is 0.306. The smallest absolute Gasteiger partial charge is 0.147 e. The third-order valence-corrected chi connectivity index (χ3v) is 2.82. The molecular weight excluding hydrogens is 206 g/mol. The number of aryl methyl sites for hydroxylation is 1. The number of ether oxygens (including phenoxy) is 2. The highest BCUT2D eigenvalue weighted by atomic mass is 16.7. The van der Waals surface area contributed by atoms with Gasteiger partial charge in [-0.1, -0.05) is 0 Å². The minimum atomic E-state index is 0.306. The van der Waals surface area contributed by atoms with Crippen LogP contribution < -0.4 is 5.32 Å². The minimum Gasteiger partial charge on any atom is -0.355 e. The van der Waals surface area contributed by atoms with Crippen LogP contribution in [0.5, 0.6) is 0 Å². The highest BCUT2D eigenvalue weighted by molar-refractivity contribution is 5.00. The van der Waals surface area contributed by atoms with Crippen molar-refractivity contribution in [3.63, 3.8) is 0 Å². The molecule has 0 radical (unpaired) electrons. The van der Waals surface area contributed by atoms with E-state index in [1.165, 1.54) is 5.69 Å². The monoisotopic (exact) mass is 225 g/mol. The molecule has 5 nitrogen and oxygen atoms in total. The van der Waals surface area contributed by atoms with Crippen LogP contribution >= 0.6 is 0 Å². The molecule has 0 amide bonds. The first-order valence-electron chi connectivity index (χ1n) is 5.73. The Labute approximate surface area is 95.7 Å². The Morgan fingerprint density at radius 3 is 3.25 bits per heavy atom. The molecule has 1 saturated heterocycles. The van der Waals surface area contributed by atoms with Crippen molar-refractivity contribution in [1.29, 1.82) is 0 Å².